The van der Waals surface area contributed by atoms with Gasteiger partial charge in [0.15, 0.2) is 0 Å². The summed E-state index contributed by atoms with van der Waals surface area (Å²) in [7, 11) is -1.79. The number of halogens is 2. The van der Waals surface area contributed by atoms with Gasteiger partial charge >= 0.3 is 8.60 Å². The molecule has 0 amide bonds. The van der Waals surface area contributed by atoms with Crippen LogP contribution in [0.15, 0.2) is 18.2 Å². The average molecular weight is 491 g/mol. The molecule has 0 saturated carbocycles. The Hall–Kier alpha value is -0.650. The zero-order valence-corrected chi connectivity index (χ0v) is 21.6. The quantitative estimate of drug-likeness (QED) is 0.131. The van der Waals surface area contributed by atoms with Crippen molar-refractivity contribution >= 4 is 8.60 Å². The van der Waals surface area contributed by atoms with Crippen molar-refractivity contribution in [3.05, 3.63) is 35.4 Å². The first kappa shape index (κ1) is 30.4. The summed E-state index contributed by atoms with van der Waals surface area (Å²) >= 11 is 0. The average Bonchev–Trinajstić information content (AvgIpc) is 2.80. The maximum Gasteiger partial charge on any atom is 0.329 e. The number of benzene rings is 1. The van der Waals surface area contributed by atoms with E-state index in [-0.39, 0.29) is 12.7 Å². The molecule has 1 N–H and O–H groups in total. The molecule has 7 heteroatoms. The Balaban J connectivity index is 2.32. The Morgan fingerprint density at radius 3 is 2.03 bits per heavy atom. The van der Waals surface area contributed by atoms with E-state index in [1.165, 1.54) is 63.5 Å². The minimum absolute atomic E-state index is 0.0333. The topological polar surface area (TPSA) is 47.9 Å². The normalized spacial score (nSPS) is 13.4. The molecular weight excluding hydrogens is 445 g/mol. The molecule has 1 aromatic rings. The third-order valence-corrected chi connectivity index (χ3v) is 6.45. The van der Waals surface area contributed by atoms with Crippen molar-refractivity contribution in [2.45, 2.75) is 116 Å². The molecule has 0 fully saturated rings. The highest BCUT2D eigenvalue weighted by Gasteiger charge is 2.12. The second kappa shape index (κ2) is 20.7. The highest BCUT2D eigenvalue weighted by atomic mass is 31.2. The molecule has 192 valence electrons. The van der Waals surface area contributed by atoms with E-state index < -0.39 is 20.2 Å². The van der Waals surface area contributed by atoms with Gasteiger partial charge in [-0.1, -0.05) is 77.7 Å². The zero-order chi connectivity index (χ0) is 24.2. The van der Waals surface area contributed by atoms with Gasteiger partial charge in [0.1, 0.15) is 11.6 Å². The molecule has 2 unspecified atom stereocenters. The lowest BCUT2D eigenvalue weighted by molar-refractivity contribution is 0.0241. The SMILES string of the molecule is CCCCCCCCCCCC(CCCCOP(O)OCCC)OCc1ccc(F)cc1F. The molecule has 2 atom stereocenters. The van der Waals surface area contributed by atoms with Crippen molar-refractivity contribution in [3.8, 4) is 0 Å². The summed E-state index contributed by atoms with van der Waals surface area (Å²) in [5.41, 5.74) is 0.385. The molecule has 0 aliphatic rings. The molecule has 33 heavy (non-hydrogen) atoms. The van der Waals surface area contributed by atoms with Crippen molar-refractivity contribution < 1.29 is 27.5 Å². The first-order valence-corrected chi connectivity index (χ1v) is 14.0. The number of hydrogen-bond donors (Lipinski definition) is 1. The van der Waals surface area contributed by atoms with Gasteiger partial charge in [0.05, 0.1) is 25.9 Å². The fourth-order valence-corrected chi connectivity index (χ4v) is 4.36. The molecule has 0 saturated heterocycles. The third-order valence-electron chi connectivity index (χ3n) is 5.65. The molecule has 0 aliphatic heterocycles. The summed E-state index contributed by atoms with van der Waals surface area (Å²) in [4.78, 5) is 9.63. The smallest absolute Gasteiger partial charge is 0.329 e. The first-order valence-electron chi connectivity index (χ1n) is 12.9. The van der Waals surface area contributed by atoms with Crippen LogP contribution >= 0.6 is 8.60 Å². The van der Waals surface area contributed by atoms with Crippen LogP contribution in [0.2, 0.25) is 0 Å². The maximum atomic E-state index is 13.9. The van der Waals surface area contributed by atoms with E-state index in [9.17, 15) is 13.7 Å². The van der Waals surface area contributed by atoms with E-state index in [1.807, 2.05) is 6.92 Å². The van der Waals surface area contributed by atoms with Crippen LogP contribution in [0.4, 0.5) is 8.78 Å². The van der Waals surface area contributed by atoms with Gasteiger partial charge in [0.2, 0.25) is 0 Å². The number of ether oxygens (including phenoxy) is 1. The van der Waals surface area contributed by atoms with Gasteiger partial charge < -0.3 is 18.7 Å². The van der Waals surface area contributed by atoms with Crippen molar-refractivity contribution in [1.82, 2.24) is 0 Å². The summed E-state index contributed by atoms with van der Waals surface area (Å²) in [6.07, 6.45) is 15.8. The van der Waals surface area contributed by atoms with Crippen LogP contribution in [0, 0.1) is 11.6 Å². The number of rotatable bonds is 22. The fraction of sp³-hybridized carbons (Fsp3) is 0.769. The zero-order valence-electron chi connectivity index (χ0n) is 20.7. The molecular formula is C26H45F2O4P. The van der Waals surface area contributed by atoms with Crippen LogP contribution in [-0.2, 0) is 20.4 Å². The van der Waals surface area contributed by atoms with Crippen molar-refractivity contribution in [2.75, 3.05) is 13.2 Å². The molecule has 0 bridgehead atoms. The lowest BCUT2D eigenvalue weighted by Crippen LogP contribution is -2.14. The predicted molar refractivity (Wildman–Crippen MR) is 132 cm³/mol. The van der Waals surface area contributed by atoms with Crippen molar-refractivity contribution in [2.24, 2.45) is 0 Å². The second-order valence-electron chi connectivity index (χ2n) is 8.69. The van der Waals surface area contributed by atoms with E-state index in [2.05, 4.69) is 6.92 Å². The Kier molecular flexibility index (Phi) is 19.1. The highest BCUT2D eigenvalue weighted by molar-refractivity contribution is 7.40. The molecule has 0 radical (unpaired) electrons. The Bertz CT molecular complexity index is 591. The maximum absolute atomic E-state index is 13.9. The van der Waals surface area contributed by atoms with Gasteiger partial charge in [-0.2, -0.15) is 0 Å². The molecule has 0 spiro atoms. The Morgan fingerprint density at radius 2 is 1.39 bits per heavy atom. The van der Waals surface area contributed by atoms with Crippen LogP contribution < -0.4 is 0 Å². The number of hydrogen-bond acceptors (Lipinski definition) is 4. The molecule has 0 aromatic heterocycles. The summed E-state index contributed by atoms with van der Waals surface area (Å²) < 4.78 is 43.6. The minimum atomic E-state index is -1.79. The van der Waals surface area contributed by atoms with Crippen molar-refractivity contribution in [1.29, 1.82) is 0 Å². The van der Waals surface area contributed by atoms with E-state index >= 15 is 0 Å². The van der Waals surface area contributed by atoms with Gasteiger partial charge in [0.25, 0.3) is 0 Å². The second-order valence-corrected chi connectivity index (χ2v) is 9.68. The minimum Gasteiger partial charge on any atom is -0.373 e. The Morgan fingerprint density at radius 1 is 0.788 bits per heavy atom. The van der Waals surface area contributed by atoms with Crippen LogP contribution in [0.1, 0.15) is 109 Å². The molecule has 4 nitrogen and oxygen atoms in total. The lowest BCUT2D eigenvalue weighted by Gasteiger charge is -2.19. The van der Waals surface area contributed by atoms with Gasteiger partial charge in [-0.25, -0.2) is 8.78 Å². The van der Waals surface area contributed by atoms with Crippen LogP contribution in [-0.4, -0.2) is 24.2 Å². The molecule has 0 aliphatic carbocycles. The van der Waals surface area contributed by atoms with Crippen molar-refractivity contribution in [3.63, 3.8) is 0 Å². The van der Waals surface area contributed by atoms with E-state index in [4.69, 9.17) is 13.8 Å². The molecule has 1 aromatic carbocycles. The van der Waals surface area contributed by atoms with Crippen LogP contribution in [0.25, 0.3) is 0 Å². The summed E-state index contributed by atoms with van der Waals surface area (Å²) in [5, 5.41) is 0. The van der Waals surface area contributed by atoms with Crippen LogP contribution in [0.5, 0.6) is 0 Å². The predicted octanol–water partition coefficient (Wildman–Crippen LogP) is 8.60. The summed E-state index contributed by atoms with van der Waals surface area (Å²) in [5.74, 6) is -1.14. The Labute approximate surface area is 201 Å². The summed E-state index contributed by atoms with van der Waals surface area (Å²) in [6, 6.07) is 3.62. The first-order chi connectivity index (χ1) is 16.1. The van der Waals surface area contributed by atoms with E-state index in [0.717, 1.165) is 44.6 Å². The molecule has 0 heterocycles. The summed E-state index contributed by atoms with van der Waals surface area (Å²) in [6.45, 7) is 5.31. The largest absolute Gasteiger partial charge is 0.373 e. The van der Waals surface area contributed by atoms with Gasteiger partial charge in [-0.3, -0.25) is 0 Å². The molecule has 1 rings (SSSR count). The standard InChI is InChI=1S/C26H45F2O4P/c1-3-5-6-7-8-9-10-11-12-15-25(16-13-14-20-32-33(29)31-19-4-2)30-22-23-17-18-24(27)21-26(23)28/h17-18,21,25,29H,3-16,19-20,22H2,1-2H3. The van der Waals surface area contributed by atoms with Gasteiger partial charge in [-0.05, 0) is 38.2 Å². The fourth-order valence-electron chi connectivity index (χ4n) is 3.66. The lowest BCUT2D eigenvalue weighted by atomic mass is 10.0. The monoisotopic (exact) mass is 490 g/mol. The van der Waals surface area contributed by atoms with E-state index in [0.29, 0.717) is 18.8 Å². The highest BCUT2D eigenvalue weighted by Crippen LogP contribution is 2.33. The van der Waals surface area contributed by atoms with Crippen LogP contribution in [0.3, 0.4) is 0 Å². The van der Waals surface area contributed by atoms with Gasteiger partial charge in [0, 0.05) is 11.6 Å². The number of unbranched alkanes of at least 4 members (excludes halogenated alkanes) is 9. The van der Waals surface area contributed by atoms with Gasteiger partial charge in [-0.15, -0.1) is 0 Å². The van der Waals surface area contributed by atoms with E-state index in [1.54, 1.807) is 0 Å². The third kappa shape index (κ3) is 16.6.